The van der Waals surface area contributed by atoms with E-state index >= 15 is 0 Å². The third-order valence-corrected chi connectivity index (χ3v) is 2.45. The maximum Gasteiger partial charge on any atom is 0.306 e. The van der Waals surface area contributed by atoms with Gasteiger partial charge in [0.25, 0.3) is 0 Å². The van der Waals surface area contributed by atoms with E-state index in [4.69, 9.17) is 5.11 Å². The maximum atomic E-state index is 10.5. The van der Waals surface area contributed by atoms with Crippen LogP contribution in [0.25, 0.3) is 0 Å². The number of carboxylic acid groups (broad SMARTS) is 1. The van der Waals surface area contributed by atoms with Gasteiger partial charge in [0.1, 0.15) is 5.82 Å². The fraction of sp³-hybridized carbons (Fsp3) is 0.400. The molecule has 14 heavy (non-hydrogen) atoms. The fourth-order valence-electron chi connectivity index (χ4n) is 1.48. The van der Waals surface area contributed by atoms with Crippen LogP contribution in [0.5, 0.6) is 0 Å². The van der Waals surface area contributed by atoms with Crippen molar-refractivity contribution in [3.63, 3.8) is 0 Å². The van der Waals surface area contributed by atoms with Crippen molar-refractivity contribution in [2.24, 2.45) is 11.8 Å². The Bertz CT molecular complexity index is 326. The van der Waals surface area contributed by atoms with Gasteiger partial charge in [0.2, 0.25) is 0 Å². The van der Waals surface area contributed by atoms with Gasteiger partial charge in [-0.05, 0) is 24.5 Å². The molecule has 1 aliphatic carbocycles. The number of carbonyl (C=O) groups is 1. The molecule has 2 unspecified atom stereocenters. The van der Waals surface area contributed by atoms with Crippen molar-refractivity contribution in [3.05, 3.63) is 24.4 Å². The molecule has 0 bridgehead atoms. The molecule has 1 aromatic heterocycles. The number of anilines is 1. The first-order chi connectivity index (χ1) is 6.77. The van der Waals surface area contributed by atoms with Gasteiger partial charge in [0, 0.05) is 12.7 Å². The van der Waals surface area contributed by atoms with Gasteiger partial charge in [0.05, 0.1) is 5.92 Å². The predicted molar refractivity (Wildman–Crippen MR) is 52.0 cm³/mol. The molecule has 0 aliphatic heterocycles. The van der Waals surface area contributed by atoms with Crippen LogP contribution < -0.4 is 5.32 Å². The number of aromatic nitrogens is 1. The van der Waals surface area contributed by atoms with Gasteiger partial charge in [-0.2, -0.15) is 0 Å². The Morgan fingerprint density at radius 2 is 2.50 bits per heavy atom. The van der Waals surface area contributed by atoms with Crippen molar-refractivity contribution in [1.29, 1.82) is 0 Å². The van der Waals surface area contributed by atoms with Crippen LogP contribution in [-0.4, -0.2) is 22.6 Å². The molecular weight excluding hydrogens is 180 g/mol. The highest BCUT2D eigenvalue weighted by atomic mass is 16.4. The summed E-state index contributed by atoms with van der Waals surface area (Å²) >= 11 is 0. The Balaban J connectivity index is 1.77. The average molecular weight is 192 g/mol. The molecule has 2 atom stereocenters. The van der Waals surface area contributed by atoms with E-state index in [-0.39, 0.29) is 11.8 Å². The van der Waals surface area contributed by atoms with Crippen LogP contribution in [0.4, 0.5) is 5.82 Å². The van der Waals surface area contributed by atoms with E-state index in [1.165, 1.54) is 0 Å². The van der Waals surface area contributed by atoms with Crippen LogP contribution in [0.2, 0.25) is 0 Å². The van der Waals surface area contributed by atoms with Gasteiger partial charge in [-0.15, -0.1) is 0 Å². The van der Waals surface area contributed by atoms with E-state index in [0.29, 0.717) is 6.54 Å². The monoisotopic (exact) mass is 192 g/mol. The highest BCUT2D eigenvalue weighted by Crippen LogP contribution is 2.38. The van der Waals surface area contributed by atoms with Gasteiger partial charge in [-0.1, -0.05) is 6.07 Å². The minimum absolute atomic E-state index is 0.147. The highest BCUT2D eigenvalue weighted by molar-refractivity contribution is 5.73. The summed E-state index contributed by atoms with van der Waals surface area (Å²) in [7, 11) is 0. The summed E-state index contributed by atoms with van der Waals surface area (Å²) in [5.74, 6) is 0.252. The van der Waals surface area contributed by atoms with Crippen molar-refractivity contribution in [3.8, 4) is 0 Å². The second-order valence-electron chi connectivity index (χ2n) is 3.54. The molecule has 1 saturated carbocycles. The number of pyridine rings is 1. The minimum Gasteiger partial charge on any atom is -0.481 e. The number of rotatable bonds is 4. The largest absolute Gasteiger partial charge is 0.481 e. The Kier molecular flexibility index (Phi) is 2.35. The first-order valence-electron chi connectivity index (χ1n) is 4.65. The zero-order valence-corrected chi connectivity index (χ0v) is 7.68. The summed E-state index contributed by atoms with van der Waals surface area (Å²) in [5.41, 5.74) is 0. The van der Waals surface area contributed by atoms with Crippen molar-refractivity contribution in [1.82, 2.24) is 4.98 Å². The smallest absolute Gasteiger partial charge is 0.306 e. The van der Waals surface area contributed by atoms with Crippen LogP contribution in [0, 0.1) is 11.8 Å². The Morgan fingerprint density at radius 3 is 3.07 bits per heavy atom. The van der Waals surface area contributed by atoms with Crippen molar-refractivity contribution >= 4 is 11.8 Å². The molecule has 74 valence electrons. The van der Waals surface area contributed by atoms with E-state index in [2.05, 4.69) is 10.3 Å². The summed E-state index contributed by atoms with van der Waals surface area (Å²) in [6.45, 7) is 0.702. The summed E-state index contributed by atoms with van der Waals surface area (Å²) in [6.07, 6.45) is 2.50. The Morgan fingerprint density at radius 1 is 1.64 bits per heavy atom. The summed E-state index contributed by atoms with van der Waals surface area (Å²) in [5, 5.41) is 11.8. The molecule has 0 aromatic carbocycles. The second kappa shape index (κ2) is 3.65. The van der Waals surface area contributed by atoms with E-state index in [1.54, 1.807) is 6.20 Å². The highest BCUT2D eigenvalue weighted by Gasteiger charge is 2.42. The van der Waals surface area contributed by atoms with E-state index in [9.17, 15) is 4.79 Å². The van der Waals surface area contributed by atoms with E-state index in [0.717, 1.165) is 12.2 Å². The van der Waals surface area contributed by atoms with Crippen molar-refractivity contribution in [2.45, 2.75) is 6.42 Å². The average Bonchev–Trinajstić information content (AvgIpc) is 2.96. The van der Waals surface area contributed by atoms with Crippen LogP contribution >= 0.6 is 0 Å². The quantitative estimate of drug-likeness (QED) is 0.752. The third kappa shape index (κ3) is 2.02. The number of hydrogen-bond donors (Lipinski definition) is 2. The van der Waals surface area contributed by atoms with Crippen molar-refractivity contribution in [2.75, 3.05) is 11.9 Å². The van der Waals surface area contributed by atoms with Crippen molar-refractivity contribution < 1.29 is 9.90 Å². The van der Waals surface area contributed by atoms with Gasteiger partial charge in [0.15, 0.2) is 0 Å². The summed E-state index contributed by atoms with van der Waals surface area (Å²) < 4.78 is 0. The topological polar surface area (TPSA) is 62.2 Å². The molecule has 0 saturated heterocycles. The Hall–Kier alpha value is -1.58. The lowest BCUT2D eigenvalue weighted by Gasteiger charge is -2.02. The molecule has 2 rings (SSSR count). The second-order valence-corrected chi connectivity index (χ2v) is 3.54. The molecule has 4 nitrogen and oxygen atoms in total. The molecule has 0 amide bonds. The van der Waals surface area contributed by atoms with E-state index < -0.39 is 5.97 Å². The Labute approximate surface area is 82.0 Å². The standard InChI is InChI=1S/C10H12N2O2/c13-10(14)8-5-7(8)6-12-9-3-1-2-4-11-9/h1-4,7-8H,5-6H2,(H,11,12)(H,13,14). The lowest BCUT2D eigenvalue weighted by molar-refractivity contribution is -0.138. The number of nitrogens with one attached hydrogen (secondary N) is 1. The molecule has 0 spiro atoms. The molecule has 1 heterocycles. The fourth-order valence-corrected chi connectivity index (χ4v) is 1.48. The molecule has 4 heteroatoms. The number of carboxylic acids is 1. The van der Waals surface area contributed by atoms with Crippen LogP contribution in [0.15, 0.2) is 24.4 Å². The lowest BCUT2D eigenvalue weighted by atomic mass is 10.3. The van der Waals surface area contributed by atoms with E-state index in [1.807, 2.05) is 18.2 Å². The molecule has 2 N–H and O–H groups in total. The van der Waals surface area contributed by atoms with Crippen LogP contribution in [0.3, 0.4) is 0 Å². The van der Waals surface area contributed by atoms with Gasteiger partial charge in [-0.25, -0.2) is 4.98 Å². The summed E-state index contributed by atoms with van der Waals surface area (Å²) in [6, 6.07) is 5.62. The molecule has 1 aliphatic rings. The number of hydrogen-bond acceptors (Lipinski definition) is 3. The third-order valence-electron chi connectivity index (χ3n) is 2.45. The first-order valence-corrected chi connectivity index (χ1v) is 4.65. The number of aliphatic carboxylic acids is 1. The predicted octanol–water partition coefficient (Wildman–Crippen LogP) is 1.21. The van der Waals surface area contributed by atoms with Gasteiger partial charge < -0.3 is 10.4 Å². The van der Waals surface area contributed by atoms with Gasteiger partial charge >= 0.3 is 5.97 Å². The molecule has 1 aromatic rings. The zero-order chi connectivity index (χ0) is 9.97. The van der Waals surface area contributed by atoms with Crippen LogP contribution in [0.1, 0.15) is 6.42 Å². The maximum absolute atomic E-state index is 10.5. The minimum atomic E-state index is -0.683. The molecule has 0 radical (unpaired) electrons. The number of nitrogens with zero attached hydrogens (tertiary/aromatic N) is 1. The molecule has 1 fully saturated rings. The van der Waals surface area contributed by atoms with Crippen LogP contribution in [-0.2, 0) is 4.79 Å². The summed E-state index contributed by atoms with van der Waals surface area (Å²) in [4.78, 5) is 14.6. The zero-order valence-electron chi connectivity index (χ0n) is 7.68. The normalized spacial score (nSPS) is 24.3. The SMILES string of the molecule is O=C(O)C1CC1CNc1ccccn1. The van der Waals surface area contributed by atoms with Gasteiger partial charge in [-0.3, -0.25) is 4.79 Å². The lowest BCUT2D eigenvalue weighted by Crippen LogP contribution is -2.09. The molecular formula is C10H12N2O2. The first kappa shape index (κ1) is 8.99.